The van der Waals surface area contributed by atoms with Crippen molar-refractivity contribution in [2.24, 2.45) is 0 Å². The summed E-state index contributed by atoms with van der Waals surface area (Å²) in [7, 11) is 0. The molecule has 3 nitrogen and oxygen atoms in total. The molecule has 4 heteroatoms. The summed E-state index contributed by atoms with van der Waals surface area (Å²) in [4.78, 5) is 4.59. The van der Waals surface area contributed by atoms with Gasteiger partial charge in [0, 0.05) is 23.4 Å². The minimum atomic E-state index is 0.476. The molecule has 0 aliphatic rings. The molecule has 2 rings (SSSR count). The number of nitrogens with one attached hydrogen (secondary N) is 1. The van der Waals surface area contributed by atoms with Crippen LogP contribution in [0.3, 0.4) is 0 Å². The van der Waals surface area contributed by atoms with Crippen LogP contribution in [0.2, 0.25) is 0 Å². The zero-order chi connectivity index (χ0) is 11.4. The molecular formula is C12H16N2OS. The highest BCUT2D eigenvalue weighted by molar-refractivity contribution is 7.13. The van der Waals surface area contributed by atoms with Crippen molar-refractivity contribution in [2.75, 3.05) is 6.54 Å². The predicted octanol–water partition coefficient (Wildman–Crippen LogP) is 2.94. The Balaban J connectivity index is 2.03. The van der Waals surface area contributed by atoms with Crippen molar-refractivity contribution in [1.82, 2.24) is 10.3 Å². The molecule has 86 valence electrons. The van der Waals surface area contributed by atoms with Crippen molar-refractivity contribution in [3.8, 4) is 10.6 Å². The molecule has 1 N–H and O–H groups in total. The van der Waals surface area contributed by atoms with Gasteiger partial charge in [-0.2, -0.15) is 0 Å². The van der Waals surface area contributed by atoms with E-state index in [2.05, 4.69) is 29.5 Å². The average molecular weight is 236 g/mol. The van der Waals surface area contributed by atoms with Gasteiger partial charge in [0.2, 0.25) is 0 Å². The third-order valence-electron chi connectivity index (χ3n) is 2.39. The van der Waals surface area contributed by atoms with Gasteiger partial charge < -0.3 is 9.73 Å². The fraction of sp³-hybridized carbons (Fsp3) is 0.417. The van der Waals surface area contributed by atoms with Crippen molar-refractivity contribution in [1.29, 1.82) is 0 Å². The van der Waals surface area contributed by atoms with E-state index >= 15 is 0 Å². The molecule has 0 saturated heterocycles. The summed E-state index contributed by atoms with van der Waals surface area (Å²) < 4.78 is 5.05. The van der Waals surface area contributed by atoms with E-state index in [9.17, 15) is 0 Å². The largest absolute Gasteiger partial charge is 0.472 e. The van der Waals surface area contributed by atoms with Crippen LogP contribution in [0.5, 0.6) is 0 Å². The Kier molecular flexibility index (Phi) is 3.74. The fourth-order valence-electron chi connectivity index (χ4n) is 1.65. The summed E-state index contributed by atoms with van der Waals surface area (Å²) >= 11 is 1.67. The van der Waals surface area contributed by atoms with E-state index in [1.165, 1.54) is 0 Å². The lowest BCUT2D eigenvalue weighted by atomic mass is 10.2. The van der Waals surface area contributed by atoms with Crippen molar-refractivity contribution >= 4 is 11.3 Å². The van der Waals surface area contributed by atoms with Crippen LogP contribution in [-0.4, -0.2) is 17.6 Å². The highest BCUT2D eigenvalue weighted by Gasteiger charge is 2.08. The summed E-state index contributed by atoms with van der Waals surface area (Å²) in [6.07, 6.45) is 4.39. The Morgan fingerprint density at radius 1 is 1.56 bits per heavy atom. The average Bonchev–Trinajstić information content (AvgIpc) is 2.86. The Morgan fingerprint density at radius 2 is 2.44 bits per heavy atom. The van der Waals surface area contributed by atoms with Crippen LogP contribution in [0.25, 0.3) is 10.6 Å². The first-order valence-electron chi connectivity index (χ1n) is 5.50. The van der Waals surface area contributed by atoms with Crippen LogP contribution < -0.4 is 5.32 Å². The topological polar surface area (TPSA) is 38.1 Å². The number of aromatic nitrogens is 1. The van der Waals surface area contributed by atoms with Gasteiger partial charge in [0.25, 0.3) is 0 Å². The second kappa shape index (κ2) is 5.27. The Hall–Kier alpha value is -1.13. The van der Waals surface area contributed by atoms with E-state index in [-0.39, 0.29) is 0 Å². The quantitative estimate of drug-likeness (QED) is 0.867. The second-order valence-corrected chi connectivity index (χ2v) is 4.68. The number of furan rings is 1. The molecule has 0 amide bonds. The molecule has 1 unspecified atom stereocenters. The highest BCUT2D eigenvalue weighted by Crippen LogP contribution is 2.24. The molecule has 0 saturated carbocycles. The Bertz CT molecular complexity index is 422. The summed E-state index contributed by atoms with van der Waals surface area (Å²) in [6, 6.07) is 2.42. The van der Waals surface area contributed by atoms with Crippen molar-refractivity contribution < 1.29 is 4.42 Å². The number of likely N-dealkylation sites (N-methyl/N-ethyl adjacent to an activating group) is 1. The molecule has 2 aromatic heterocycles. The molecule has 2 aromatic rings. The molecule has 0 fully saturated rings. The molecule has 0 radical (unpaired) electrons. The van der Waals surface area contributed by atoms with Crippen LogP contribution in [0.15, 0.2) is 28.4 Å². The van der Waals surface area contributed by atoms with E-state index in [0.29, 0.717) is 6.04 Å². The van der Waals surface area contributed by atoms with E-state index in [1.54, 1.807) is 23.9 Å². The zero-order valence-electron chi connectivity index (χ0n) is 9.56. The van der Waals surface area contributed by atoms with Gasteiger partial charge in [-0.3, -0.25) is 0 Å². The van der Waals surface area contributed by atoms with E-state index in [1.807, 2.05) is 6.07 Å². The van der Waals surface area contributed by atoms with Crippen molar-refractivity contribution in [2.45, 2.75) is 26.3 Å². The third-order valence-corrected chi connectivity index (χ3v) is 3.33. The highest BCUT2D eigenvalue weighted by atomic mass is 32.1. The third kappa shape index (κ3) is 2.71. The van der Waals surface area contributed by atoms with Gasteiger partial charge in [0.05, 0.1) is 12.0 Å². The molecule has 1 atom stereocenters. The first-order valence-corrected chi connectivity index (χ1v) is 6.38. The van der Waals surface area contributed by atoms with Crippen molar-refractivity contribution in [3.05, 3.63) is 29.7 Å². The first-order chi connectivity index (χ1) is 7.79. The molecule has 16 heavy (non-hydrogen) atoms. The van der Waals surface area contributed by atoms with Crippen LogP contribution in [0.1, 0.15) is 19.5 Å². The fourth-order valence-corrected chi connectivity index (χ4v) is 2.47. The Morgan fingerprint density at radius 3 is 3.12 bits per heavy atom. The molecule has 0 spiro atoms. The van der Waals surface area contributed by atoms with Gasteiger partial charge in [0.15, 0.2) is 0 Å². The molecule has 0 aliphatic carbocycles. The summed E-state index contributed by atoms with van der Waals surface area (Å²) in [5.41, 5.74) is 2.21. The van der Waals surface area contributed by atoms with Crippen molar-refractivity contribution in [3.63, 3.8) is 0 Å². The molecule has 0 bridgehead atoms. The van der Waals surface area contributed by atoms with E-state index < -0.39 is 0 Å². The van der Waals surface area contributed by atoms with Crippen LogP contribution in [-0.2, 0) is 6.42 Å². The maximum atomic E-state index is 5.05. The van der Waals surface area contributed by atoms with Gasteiger partial charge in [0.1, 0.15) is 11.3 Å². The number of nitrogens with zero attached hydrogens (tertiary/aromatic N) is 1. The molecule has 0 aromatic carbocycles. The smallest absolute Gasteiger partial charge is 0.126 e. The monoisotopic (exact) mass is 236 g/mol. The second-order valence-electron chi connectivity index (χ2n) is 3.82. The van der Waals surface area contributed by atoms with Gasteiger partial charge >= 0.3 is 0 Å². The van der Waals surface area contributed by atoms with Gasteiger partial charge in [-0.25, -0.2) is 4.98 Å². The number of thiazole rings is 1. The van der Waals surface area contributed by atoms with Crippen LogP contribution in [0.4, 0.5) is 0 Å². The number of hydrogen-bond donors (Lipinski definition) is 1. The lowest BCUT2D eigenvalue weighted by Gasteiger charge is -2.09. The summed E-state index contributed by atoms with van der Waals surface area (Å²) in [6.45, 7) is 5.30. The normalized spacial score (nSPS) is 12.9. The standard InChI is InChI=1S/C12H16N2OS/c1-3-13-9(2)6-11-8-16-12(14-11)10-4-5-15-7-10/h4-5,7-9,13H,3,6H2,1-2H3. The van der Waals surface area contributed by atoms with Gasteiger partial charge in [-0.05, 0) is 19.5 Å². The van der Waals surface area contributed by atoms with Crippen LogP contribution >= 0.6 is 11.3 Å². The molecule has 0 aliphatic heterocycles. The number of rotatable bonds is 5. The van der Waals surface area contributed by atoms with Crippen LogP contribution in [0, 0.1) is 0 Å². The van der Waals surface area contributed by atoms with Gasteiger partial charge in [-0.15, -0.1) is 11.3 Å². The van der Waals surface area contributed by atoms with Gasteiger partial charge in [-0.1, -0.05) is 6.92 Å². The lowest BCUT2D eigenvalue weighted by Crippen LogP contribution is -2.27. The predicted molar refractivity (Wildman–Crippen MR) is 66.7 cm³/mol. The molecule has 2 heterocycles. The Labute approximate surface area is 99.5 Å². The maximum absolute atomic E-state index is 5.05. The minimum Gasteiger partial charge on any atom is -0.472 e. The lowest BCUT2D eigenvalue weighted by molar-refractivity contribution is 0.560. The zero-order valence-corrected chi connectivity index (χ0v) is 10.4. The summed E-state index contributed by atoms with van der Waals surface area (Å²) in [5, 5.41) is 6.54. The minimum absolute atomic E-state index is 0.476. The van der Waals surface area contributed by atoms with E-state index in [4.69, 9.17) is 4.42 Å². The summed E-state index contributed by atoms with van der Waals surface area (Å²) in [5.74, 6) is 0. The van der Waals surface area contributed by atoms with E-state index in [0.717, 1.165) is 29.2 Å². The SMILES string of the molecule is CCNC(C)Cc1csc(-c2ccoc2)n1. The maximum Gasteiger partial charge on any atom is 0.126 e. The number of hydrogen-bond acceptors (Lipinski definition) is 4. The first kappa shape index (κ1) is 11.4. The molecular weight excluding hydrogens is 220 g/mol.